The first-order valence-electron chi connectivity index (χ1n) is 6.38. The van der Waals surface area contributed by atoms with Crippen LogP contribution < -0.4 is 11.1 Å². The molecular formula is C13H19N3O3S. The molecule has 1 aromatic carbocycles. The molecule has 1 atom stereocenters. The van der Waals surface area contributed by atoms with Gasteiger partial charge in [-0.2, -0.15) is 11.8 Å². The fourth-order valence-electron chi connectivity index (χ4n) is 1.69. The van der Waals surface area contributed by atoms with Crippen molar-refractivity contribution in [3.8, 4) is 0 Å². The first kappa shape index (κ1) is 16.3. The molecule has 3 N–H and O–H groups in total. The van der Waals surface area contributed by atoms with Crippen LogP contribution in [0.3, 0.4) is 0 Å². The Bertz CT molecular complexity index is 494. The largest absolute Gasteiger partial charge is 0.393 e. The van der Waals surface area contributed by atoms with Gasteiger partial charge in [-0.05, 0) is 30.9 Å². The summed E-state index contributed by atoms with van der Waals surface area (Å²) in [5.74, 6) is 1.63. The van der Waals surface area contributed by atoms with E-state index in [0.717, 1.165) is 17.9 Å². The number of rotatable bonds is 7. The van der Waals surface area contributed by atoms with E-state index in [4.69, 9.17) is 5.73 Å². The zero-order valence-electron chi connectivity index (χ0n) is 11.6. The van der Waals surface area contributed by atoms with Gasteiger partial charge in [0.1, 0.15) is 5.69 Å². The average molecular weight is 297 g/mol. The second-order valence-electron chi connectivity index (χ2n) is 4.36. The Morgan fingerprint density at radius 1 is 1.55 bits per heavy atom. The topological polar surface area (TPSA) is 98.3 Å². The number of carbonyl (C=O) groups excluding carboxylic acids is 1. The maximum atomic E-state index is 12.1. The van der Waals surface area contributed by atoms with Crippen LogP contribution in [0.4, 0.5) is 11.4 Å². The number of nitro groups is 1. The molecule has 1 unspecified atom stereocenters. The van der Waals surface area contributed by atoms with Gasteiger partial charge in [-0.25, -0.2) is 0 Å². The van der Waals surface area contributed by atoms with E-state index in [1.54, 1.807) is 11.8 Å². The lowest BCUT2D eigenvalue weighted by molar-refractivity contribution is -0.383. The van der Waals surface area contributed by atoms with Crippen LogP contribution in [0.1, 0.15) is 30.6 Å². The first-order valence-corrected chi connectivity index (χ1v) is 7.54. The highest BCUT2D eigenvalue weighted by atomic mass is 32.2. The molecule has 0 heterocycles. The monoisotopic (exact) mass is 297 g/mol. The quantitative estimate of drug-likeness (QED) is 0.348. The highest BCUT2D eigenvalue weighted by molar-refractivity contribution is 7.99. The second kappa shape index (κ2) is 7.74. The van der Waals surface area contributed by atoms with Crippen LogP contribution >= 0.6 is 11.8 Å². The summed E-state index contributed by atoms with van der Waals surface area (Å²) >= 11 is 1.80. The van der Waals surface area contributed by atoms with Gasteiger partial charge in [-0.3, -0.25) is 14.9 Å². The predicted molar refractivity (Wildman–Crippen MR) is 82.1 cm³/mol. The van der Waals surface area contributed by atoms with E-state index in [9.17, 15) is 14.9 Å². The van der Waals surface area contributed by atoms with Crippen molar-refractivity contribution in [2.45, 2.75) is 26.3 Å². The number of thioether (sulfide) groups is 1. The summed E-state index contributed by atoms with van der Waals surface area (Å²) in [4.78, 5) is 22.3. The van der Waals surface area contributed by atoms with Crippen LogP contribution in [-0.2, 0) is 0 Å². The molecule has 20 heavy (non-hydrogen) atoms. The van der Waals surface area contributed by atoms with Gasteiger partial charge in [0.15, 0.2) is 0 Å². The molecule has 0 aliphatic heterocycles. The third-order valence-corrected chi connectivity index (χ3v) is 3.73. The van der Waals surface area contributed by atoms with Gasteiger partial charge in [0.25, 0.3) is 11.6 Å². The SMILES string of the molecule is CCSCCC(C)NC(=O)c1cccc([N+](=O)[O-])c1N. The maximum Gasteiger partial charge on any atom is 0.292 e. The van der Waals surface area contributed by atoms with Crippen LogP contribution in [0.2, 0.25) is 0 Å². The zero-order valence-corrected chi connectivity index (χ0v) is 12.4. The molecule has 0 aromatic heterocycles. The number of carbonyl (C=O) groups is 1. The Kier molecular flexibility index (Phi) is 6.30. The minimum atomic E-state index is -0.590. The van der Waals surface area contributed by atoms with Gasteiger partial charge in [-0.15, -0.1) is 0 Å². The van der Waals surface area contributed by atoms with Crippen molar-refractivity contribution < 1.29 is 9.72 Å². The highest BCUT2D eigenvalue weighted by Gasteiger charge is 2.19. The average Bonchev–Trinajstić information content (AvgIpc) is 2.38. The highest BCUT2D eigenvalue weighted by Crippen LogP contribution is 2.24. The van der Waals surface area contributed by atoms with Crippen LogP contribution in [0.15, 0.2) is 18.2 Å². The molecule has 0 aliphatic carbocycles. The normalized spacial score (nSPS) is 11.9. The van der Waals surface area contributed by atoms with E-state index in [0.29, 0.717) is 0 Å². The number of nitrogens with zero attached hydrogens (tertiary/aromatic N) is 1. The molecule has 1 rings (SSSR count). The van der Waals surface area contributed by atoms with Crippen molar-refractivity contribution in [1.82, 2.24) is 5.32 Å². The van der Waals surface area contributed by atoms with Crippen LogP contribution in [-0.4, -0.2) is 28.4 Å². The van der Waals surface area contributed by atoms with Crippen LogP contribution in [0.5, 0.6) is 0 Å². The minimum Gasteiger partial charge on any atom is -0.393 e. The molecule has 1 amide bonds. The molecular weight excluding hydrogens is 278 g/mol. The summed E-state index contributed by atoms with van der Waals surface area (Å²) in [6.45, 7) is 3.99. The van der Waals surface area contributed by atoms with Gasteiger partial charge in [0, 0.05) is 12.1 Å². The molecule has 6 nitrogen and oxygen atoms in total. The number of nitro benzene ring substituents is 1. The smallest absolute Gasteiger partial charge is 0.292 e. The van der Waals surface area contributed by atoms with E-state index < -0.39 is 4.92 Å². The fraction of sp³-hybridized carbons (Fsp3) is 0.462. The number of hydrogen-bond acceptors (Lipinski definition) is 5. The number of anilines is 1. The number of para-hydroxylation sites is 1. The summed E-state index contributed by atoms with van der Waals surface area (Å²) < 4.78 is 0. The van der Waals surface area contributed by atoms with E-state index >= 15 is 0 Å². The summed E-state index contributed by atoms with van der Waals surface area (Å²) in [5.41, 5.74) is 5.49. The Labute approximate surface area is 122 Å². The third kappa shape index (κ3) is 4.41. The van der Waals surface area contributed by atoms with Gasteiger partial charge < -0.3 is 11.1 Å². The lowest BCUT2D eigenvalue weighted by Crippen LogP contribution is -2.33. The van der Waals surface area contributed by atoms with Crippen LogP contribution in [0.25, 0.3) is 0 Å². The fourth-order valence-corrected chi connectivity index (χ4v) is 2.50. The molecule has 0 aliphatic rings. The Morgan fingerprint density at radius 2 is 2.25 bits per heavy atom. The van der Waals surface area contributed by atoms with E-state index in [1.807, 2.05) is 6.92 Å². The zero-order chi connectivity index (χ0) is 15.1. The lowest BCUT2D eigenvalue weighted by atomic mass is 10.1. The summed E-state index contributed by atoms with van der Waals surface area (Å²) in [6.07, 6.45) is 0.846. The molecule has 110 valence electrons. The summed E-state index contributed by atoms with van der Waals surface area (Å²) in [7, 11) is 0. The van der Waals surface area contributed by atoms with E-state index in [-0.39, 0.29) is 28.9 Å². The Morgan fingerprint density at radius 3 is 2.85 bits per heavy atom. The van der Waals surface area contributed by atoms with Crippen molar-refractivity contribution in [3.05, 3.63) is 33.9 Å². The predicted octanol–water partition coefficient (Wildman–Crippen LogP) is 2.44. The number of nitrogens with two attached hydrogens (primary N) is 1. The van der Waals surface area contributed by atoms with Gasteiger partial charge in [0.2, 0.25) is 0 Å². The van der Waals surface area contributed by atoms with Crippen molar-refractivity contribution in [1.29, 1.82) is 0 Å². The standard InChI is InChI=1S/C13H19N3O3S/c1-3-20-8-7-9(2)15-13(17)10-5-4-6-11(12(10)14)16(18)19/h4-6,9H,3,7-8,14H2,1-2H3,(H,15,17). The molecule has 0 spiro atoms. The third-order valence-electron chi connectivity index (χ3n) is 2.80. The molecule has 0 saturated carbocycles. The van der Waals surface area contributed by atoms with E-state index in [2.05, 4.69) is 12.2 Å². The second-order valence-corrected chi connectivity index (χ2v) is 5.75. The molecule has 0 bridgehead atoms. The molecule has 0 saturated heterocycles. The number of benzene rings is 1. The molecule has 7 heteroatoms. The first-order chi connectivity index (χ1) is 9.47. The molecule has 1 aromatic rings. The summed E-state index contributed by atoms with van der Waals surface area (Å²) in [5, 5.41) is 13.6. The van der Waals surface area contributed by atoms with Gasteiger partial charge in [-0.1, -0.05) is 13.0 Å². The van der Waals surface area contributed by atoms with Gasteiger partial charge >= 0.3 is 0 Å². The Balaban J connectivity index is 2.73. The molecule has 0 fully saturated rings. The minimum absolute atomic E-state index is 0.000197. The van der Waals surface area contributed by atoms with Crippen molar-refractivity contribution in [3.63, 3.8) is 0 Å². The number of nitrogen functional groups attached to an aromatic ring is 1. The van der Waals surface area contributed by atoms with Crippen LogP contribution in [0, 0.1) is 10.1 Å². The number of amides is 1. The Hall–Kier alpha value is -1.76. The molecule has 0 radical (unpaired) electrons. The lowest BCUT2D eigenvalue weighted by Gasteiger charge is -2.14. The van der Waals surface area contributed by atoms with E-state index in [1.165, 1.54) is 18.2 Å². The maximum absolute atomic E-state index is 12.1. The van der Waals surface area contributed by atoms with Crippen molar-refractivity contribution >= 4 is 29.0 Å². The van der Waals surface area contributed by atoms with Crippen molar-refractivity contribution in [2.75, 3.05) is 17.2 Å². The number of nitrogens with one attached hydrogen (secondary N) is 1. The number of hydrogen-bond donors (Lipinski definition) is 2. The van der Waals surface area contributed by atoms with Crippen molar-refractivity contribution in [2.24, 2.45) is 0 Å². The van der Waals surface area contributed by atoms with Gasteiger partial charge in [0.05, 0.1) is 10.5 Å². The summed E-state index contributed by atoms with van der Waals surface area (Å²) in [6, 6.07) is 4.24.